The highest BCUT2D eigenvalue weighted by atomic mass is 35.5. The molecule has 1 aromatic heterocycles. The van der Waals surface area contributed by atoms with E-state index >= 15 is 0 Å². The van der Waals surface area contributed by atoms with E-state index in [2.05, 4.69) is 11.3 Å². The lowest BCUT2D eigenvalue weighted by molar-refractivity contribution is -0.137. The van der Waals surface area contributed by atoms with Crippen molar-refractivity contribution >= 4 is 17.6 Å². The number of rotatable bonds is 4. The van der Waals surface area contributed by atoms with E-state index in [9.17, 15) is 9.90 Å². The summed E-state index contributed by atoms with van der Waals surface area (Å²) < 4.78 is 10.0. The zero-order valence-corrected chi connectivity index (χ0v) is 11.6. The van der Waals surface area contributed by atoms with Crippen LogP contribution in [0.3, 0.4) is 0 Å². The van der Waals surface area contributed by atoms with Gasteiger partial charge in [-0.25, -0.2) is 4.79 Å². The summed E-state index contributed by atoms with van der Waals surface area (Å²) in [4.78, 5) is 11.3. The predicted molar refractivity (Wildman–Crippen MR) is 75.3 cm³/mol. The molecule has 0 amide bonds. The normalized spacial score (nSPS) is 11.9. The van der Waals surface area contributed by atoms with Gasteiger partial charge < -0.3 is 14.3 Å². The Balaban J connectivity index is 2.25. The first kappa shape index (κ1) is 14.4. The second kappa shape index (κ2) is 5.94. The third-order valence-corrected chi connectivity index (χ3v) is 3.02. The van der Waals surface area contributed by atoms with E-state index in [0.29, 0.717) is 10.8 Å². The Morgan fingerprint density at radius 1 is 1.40 bits per heavy atom. The fraction of sp³-hybridized carbons (Fsp3) is 0.133. The smallest absolute Gasteiger partial charge is 0.336 e. The lowest BCUT2D eigenvalue weighted by atomic mass is 10.1. The quantitative estimate of drug-likeness (QED) is 0.693. The number of halogens is 1. The number of carbonyl (C=O) groups is 1. The van der Waals surface area contributed by atoms with E-state index in [1.54, 1.807) is 30.3 Å². The van der Waals surface area contributed by atoms with Crippen LogP contribution in [-0.4, -0.2) is 18.2 Å². The standard InChI is InChI=1S/C15H13ClO4/c1-9(15(18)19-2)14(17)13-7-6-12(20-13)10-4-3-5-11(16)8-10/h3-8,14,17H,1H2,2H3. The molecule has 0 spiro atoms. The maximum absolute atomic E-state index is 11.3. The third-order valence-electron chi connectivity index (χ3n) is 2.78. The van der Waals surface area contributed by atoms with E-state index in [0.717, 1.165) is 5.56 Å². The summed E-state index contributed by atoms with van der Waals surface area (Å²) in [5, 5.41) is 10.6. The Labute approximate surface area is 121 Å². The number of furan rings is 1. The van der Waals surface area contributed by atoms with Crippen molar-refractivity contribution in [1.82, 2.24) is 0 Å². The topological polar surface area (TPSA) is 59.7 Å². The molecule has 4 nitrogen and oxygen atoms in total. The lowest BCUT2D eigenvalue weighted by Crippen LogP contribution is -2.11. The molecule has 104 valence electrons. The molecule has 1 aromatic carbocycles. The van der Waals surface area contributed by atoms with Gasteiger partial charge in [-0.1, -0.05) is 30.3 Å². The molecule has 0 aliphatic rings. The highest BCUT2D eigenvalue weighted by Crippen LogP contribution is 2.29. The van der Waals surface area contributed by atoms with Crippen LogP contribution in [-0.2, 0) is 9.53 Å². The van der Waals surface area contributed by atoms with Gasteiger partial charge in [0.25, 0.3) is 0 Å². The highest BCUT2D eigenvalue weighted by Gasteiger charge is 2.22. The molecular formula is C15H13ClO4. The number of hydrogen-bond acceptors (Lipinski definition) is 4. The Kier molecular flexibility index (Phi) is 4.27. The Hall–Kier alpha value is -2.04. The van der Waals surface area contributed by atoms with Crippen molar-refractivity contribution in [2.45, 2.75) is 6.10 Å². The highest BCUT2D eigenvalue weighted by molar-refractivity contribution is 6.30. The van der Waals surface area contributed by atoms with Crippen LogP contribution in [0, 0.1) is 0 Å². The maximum atomic E-state index is 11.3. The van der Waals surface area contributed by atoms with E-state index in [1.807, 2.05) is 6.07 Å². The van der Waals surface area contributed by atoms with Crippen LogP contribution in [0.5, 0.6) is 0 Å². The molecule has 0 fully saturated rings. The molecule has 2 rings (SSSR count). The second-order valence-electron chi connectivity index (χ2n) is 4.13. The van der Waals surface area contributed by atoms with Crippen molar-refractivity contribution in [1.29, 1.82) is 0 Å². The van der Waals surface area contributed by atoms with Crippen molar-refractivity contribution < 1.29 is 19.1 Å². The van der Waals surface area contributed by atoms with Crippen LogP contribution in [0.15, 0.2) is 53.0 Å². The van der Waals surface area contributed by atoms with Crippen LogP contribution in [0.1, 0.15) is 11.9 Å². The van der Waals surface area contributed by atoms with Crippen molar-refractivity contribution in [3.05, 3.63) is 59.3 Å². The van der Waals surface area contributed by atoms with E-state index < -0.39 is 12.1 Å². The first-order valence-corrected chi connectivity index (χ1v) is 6.21. The lowest BCUT2D eigenvalue weighted by Gasteiger charge is -2.09. The SMILES string of the molecule is C=C(C(=O)OC)C(O)c1ccc(-c2cccc(Cl)c2)o1. The molecule has 0 saturated carbocycles. The van der Waals surface area contributed by atoms with Gasteiger partial charge in [0.1, 0.15) is 17.6 Å². The number of methoxy groups -OCH3 is 1. The van der Waals surface area contributed by atoms with Gasteiger partial charge in [0.05, 0.1) is 12.7 Å². The molecule has 1 heterocycles. The molecule has 1 atom stereocenters. The first-order chi connectivity index (χ1) is 9.52. The van der Waals surface area contributed by atoms with Crippen LogP contribution in [0.25, 0.3) is 11.3 Å². The van der Waals surface area contributed by atoms with Gasteiger partial charge in [0, 0.05) is 10.6 Å². The Morgan fingerprint density at radius 3 is 2.80 bits per heavy atom. The zero-order valence-electron chi connectivity index (χ0n) is 10.8. The minimum Gasteiger partial charge on any atom is -0.466 e. The number of carbonyl (C=O) groups excluding carboxylic acids is 1. The van der Waals surface area contributed by atoms with Crippen molar-refractivity contribution in [3.8, 4) is 11.3 Å². The number of aliphatic hydroxyl groups is 1. The molecule has 20 heavy (non-hydrogen) atoms. The number of hydrogen-bond donors (Lipinski definition) is 1. The van der Waals surface area contributed by atoms with E-state index in [4.69, 9.17) is 16.0 Å². The number of benzene rings is 1. The molecule has 0 bridgehead atoms. The zero-order chi connectivity index (χ0) is 14.7. The molecule has 0 aliphatic heterocycles. The minimum absolute atomic E-state index is 0.0838. The number of esters is 1. The van der Waals surface area contributed by atoms with Crippen LogP contribution < -0.4 is 0 Å². The molecule has 1 unspecified atom stereocenters. The van der Waals surface area contributed by atoms with Crippen LogP contribution >= 0.6 is 11.6 Å². The van der Waals surface area contributed by atoms with Gasteiger partial charge in [0.2, 0.25) is 0 Å². The second-order valence-corrected chi connectivity index (χ2v) is 4.57. The van der Waals surface area contributed by atoms with Crippen molar-refractivity contribution in [2.24, 2.45) is 0 Å². The largest absolute Gasteiger partial charge is 0.466 e. The monoisotopic (exact) mass is 292 g/mol. The summed E-state index contributed by atoms with van der Waals surface area (Å²) in [6.07, 6.45) is -1.24. The molecule has 0 radical (unpaired) electrons. The van der Waals surface area contributed by atoms with Gasteiger partial charge in [-0.05, 0) is 24.3 Å². The fourth-order valence-electron chi connectivity index (χ4n) is 1.71. The minimum atomic E-state index is -1.24. The van der Waals surface area contributed by atoms with Crippen molar-refractivity contribution in [3.63, 3.8) is 0 Å². The summed E-state index contributed by atoms with van der Waals surface area (Å²) in [5.41, 5.74) is 0.694. The van der Waals surface area contributed by atoms with E-state index in [1.165, 1.54) is 7.11 Å². The molecule has 2 aromatic rings. The molecule has 1 N–H and O–H groups in total. The van der Waals surface area contributed by atoms with Gasteiger partial charge >= 0.3 is 5.97 Å². The summed E-state index contributed by atoms with van der Waals surface area (Å²) in [5.74, 6) is 0.0767. The summed E-state index contributed by atoms with van der Waals surface area (Å²) in [7, 11) is 1.22. The molecular weight excluding hydrogens is 280 g/mol. The Bertz CT molecular complexity index is 645. The summed E-state index contributed by atoms with van der Waals surface area (Å²) >= 11 is 5.91. The molecule has 5 heteroatoms. The molecule has 0 saturated heterocycles. The predicted octanol–water partition coefficient (Wildman–Crippen LogP) is 3.36. The average Bonchev–Trinajstić information content (AvgIpc) is 2.94. The van der Waals surface area contributed by atoms with Crippen LogP contribution in [0.2, 0.25) is 5.02 Å². The number of ether oxygens (including phenoxy) is 1. The van der Waals surface area contributed by atoms with Gasteiger partial charge in [-0.15, -0.1) is 0 Å². The third kappa shape index (κ3) is 2.92. The van der Waals surface area contributed by atoms with Crippen LogP contribution in [0.4, 0.5) is 0 Å². The maximum Gasteiger partial charge on any atom is 0.336 e. The summed E-state index contributed by atoms with van der Waals surface area (Å²) in [6, 6.07) is 10.4. The van der Waals surface area contributed by atoms with Crippen molar-refractivity contribution in [2.75, 3.05) is 7.11 Å². The first-order valence-electron chi connectivity index (χ1n) is 5.83. The molecule has 0 aliphatic carbocycles. The summed E-state index contributed by atoms with van der Waals surface area (Å²) in [6.45, 7) is 3.49. The van der Waals surface area contributed by atoms with Gasteiger partial charge in [-0.3, -0.25) is 0 Å². The average molecular weight is 293 g/mol. The van der Waals surface area contributed by atoms with E-state index in [-0.39, 0.29) is 11.3 Å². The Morgan fingerprint density at radius 2 is 2.15 bits per heavy atom. The number of aliphatic hydroxyl groups excluding tert-OH is 1. The fourth-order valence-corrected chi connectivity index (χ4v) is 1.90. The van der Waals surface area contributed by atoms with Gasteiger partial charge in [-0.2, -0.15) is 0 Å². The van der Waals surface area contributed by atoms with Gasteiger partial charge in [0.15, 0.2) is 0 Å².